The third kappa shape index (κ3) is 3.60. The van der Waals surface area contributed by atoms with Gasteiger partial charge in [-0.05, 0) is 46.8 Å². The van der Waals surface area contributed by atoms with E-state index < -0.39 is 0 Å². The van der Waals surface area contributed by atoms with Gasteiger partial charge >= 0.3 is 0 Å². The predicted molar refractivity (Wildman–Crippen MR) is 188 cm³/mol. The third-order valence-corrected chi connectivity index (χ3v) is 9.13. The molecule has 0 saturated heterocycles. The maximum absolute atomic E-state index is 5.19. The van der Waals surface area contributed by atoms with Crippen molar-refractivity contribution >= 4 is 49.0 Å². The van der Waals surface area contributed by atoms with Gasteiger partial charge in [-0.1, -0.05) is 115 Å². The Balaban J connectivity index is 1.42. The molecule has 0 bridgehead atoms. The molecule has 6 aromatic carbocycles. The Bertz CT molecular complexity index is 2670. The van der Waals surface area contributed by atoms with E-state index in [1.54, 1.807) is 0 Å². The van der Waals surface area contributed by atoms with Crippen LogP contribution in [-0.2, 0) is 0 Å². The van der Waals surface area contributed by atoms with E-state index >= 15 is 0 Å². The standard InChI is InChI=1S/C41H25N5/c1-4-12-26(13-5-1)30-24-32-31-18-10-11-19-33(31)45-23-22-27-20-21-34-37(38(27)45)36(32)35(25-30)46(34)41-43-39(28-14-6-2-7-15-28)42-40(44-41)29-16-8-3-9-17-29/h1-25H. The highest BCUT2D eigenvalue weighted by Gasteiger charge is 2.24. The number of fused-ring (bicyclic) bond motifs is 3. The molecule has 0 amide bonds. The number of hydrogen-bond donors (Lipinski definition) is 0. The van der Waals surface area contributed by atoms with Crippen molar-refractivity contribution in [2.75, 3.05) is 0 Å². The molecule has 0 aliphatic rings. The zero-order valence-electron chi connectivity index (χ0n) is 24.7. The lowest BCUT2D eigenvalue weighted by Crippen LogP contribution is -2.06. The first-order valence-corrected chi connectivity index (χ1v) is 15.5. The summed E-state index contributed by atoms with van der Waals surface area (Å²) in [6.07, 6.45) is 2.19. The minimum absolute atomic E-state index is 0.593. The molecule has 0 spiro atoms. The number of nitrogens with zero attached hydrogens (tertiary/aromatic N) is 5. The smallest absolute Gasteiger partial charge is 0.238 e. The monoisotopic (exact) mass is 587 g/mol. The molecule has 5 heteroatoms. The van der Waals surface area contributed by atoms with Crippen molar-refractivity contribution in [2.24, 2.45) is 0 Å². The summed E-state index contributed by atoms with van der Waals surface area (Å²) in [5, 5.41) is 6.00. The molecule has 0 radical (unpaired) electrons. The van der Waals surface area contributed by atoms with E-state index in [1.165, 1.54) is 38.0 Å². The van der Waals surface area contributed by atoms with Crippen LogP contribution in [0.3, 0.4) is 0 Å². The van der Waals surface area contributed by atoms with Gasteiger partial charge in [0.05, 0.1) is 22.1 Å². The Morgan fingerprint density at radius 1 is 0.413 bits per heavy atom. The second-order valence-corrected chi connectivity index (χ2v) is 11.7. The summed E-state index contributed by atoms with van der Waals surface area (Å²) in [6.45, 7) is 0. The largest absolute Gasteiger partial charge is 0.315 e. The van der Waals surface area contributed by atoms with Crippen molar-refractivity contribution in [3.63, 3.8) is 0 Å². The van der Waals surface area contributed by atoms with Gasteiger partial charge in [0.15, 0.2) is 11.6 Å². The lowest BCUT2D eigenvalue weighted by molar-refractivity contribution is 0.954. The molecule has 0 atom stereocenters. The second-order valence-electron chi connectivity index (χ2n) is 11.7. The quantitative estimate of drug-likeness (QED) is 0.206. The average Bonchev–Trinajstić information content (AvgIpc) is 3.68. The van der Waals surface area contributed by atoms with Gasteiger partial charge in [-0.25, -0.2) is 4.98 Å². The zero-order valence-corrected chi connectivity index (χ0v) is 24.7. The molecule has 0 fully saturated rings. The van der Waals surface area contributed by atoms with Crippen LogP contribution >= 0.6 is 0 Å². The normalized spacial score (nSPS) is 11.9. The summed E-state index contributed by atoms with van der Waals surface area (Å²) in [5.41, 5.74) is 8.69. The fourth-order valence-corrected chi connectivity index (χ4v) is 7.08. The topological polar surface area (TPSA) is 48.0 Å². The molecular formula is C41H25N5. The summed E-state index contributed by atoms with van der Waals surface area (Å²) in [6, 6.07) is 51.0. The third-order valence-electron chi connectivity index (χ3n) is 9.13. The first kappa shape index (κ1) is 25.0. The Kier molecular flexibility index (Phi) is 5.22. The Morgan fingerprint density at radius 2 is 1.04 bits per heavy atom. The molecule has 0 N–H and O–H groups in total. The van der Waals surface area contributed by atoms with Crippen molar-refractivity contribution in [2.45, 2.75) is 0 Å². The minimum atomic E-state index is 0.593. The van der Waals surface area contributed by atoms with Crippen LogP contribution in [0.25, 0.3) is 88.8 Å². The molecule has 214 valence electrons. The number of rotatable bonds is 4. The number of aromatic nitrogens is 5. The van der Waals surface area contributed by atoms with Crippen LogP contribution in [0.4, 0.5) is 0 Å². The van der Waals surface area contributed by atoms with E-state index in [2.05, 4.69) is 124 Å². The van der Waals surface area contributed by atoms with Gasteiger partial charge in [0.1, 0.15) is 0 Å². The van der Waals surface area contributed by atoms with E-state index in [0.29, 0.717) is 17.6 Å². The maximum atomic E-state index is 5.19. The van der Waals surface area contributed by atoms with Gasteiger partial charge in [0.2, 0.25) is 5.95 Å². The van der Waals surface area contributed by atoms with Crippen molar-refractivity contribution < 1.29 is 0 Å². The van der Waals surface area contributed by atoms with Gasteiger partial charge in [-0.15, -0.1) is 0 Å². The highest BCUT2D eigenvalue weighted by molar-refractivity contribution is 6.30. The molecule has 0 saturated carbocycles. The van der Waals surface area contributed by atoms with Crippen molar-refractivity contribution in [3.05, 3.63) is 152 Å². The Labute approximate surface area is 264 Å². The van der Waals surface area contributed by atoms with Crippen LogP contribution < -0.4 is 0 Å². The van der Waals surface area contributed by atoms with E-state index in [1.807, 2.05) is 36.4 Å². The Morgan fingerprint density at radius 3 is 1.74 bits per heavy atom. The van der Waals surface area contributed by atoms with E-state index in [0.717, 1.165) is 33.3 Å². The average molecular weight is 588 g/mol. The molecule has 4 aromatic heterocycles. The van der Waals surface area contributed by atoms with Gasteiger partial charge < -0.3 is 4.40 Å². The molecule has 0 unspecified atom stereocenters. The summed E-state index contributed by atoms with van der Waals surface area (Å²) in [7, 11) is 0. The van der Waals surface area contributed by atoms with E-state index in [4.69, 9.17) is 15.0 Å². The summed E-state index contributed by atoms with van der Waals surface area (Å²) >= 11 is 0. The van der Waals surface area contributed by atoms with Crippen molar-refractivity contribution in [1.29, 1.82) is 0 Å². The molecule has 46 heavy (non-hydrogen) atoms. The van der Waals surface area contributed by atoms with Gasteiger partial charge in [-0.3, -0.25) is 4.57 Å². The predicted octanol–water partition coefficient (Wildman–Crippen LogP) is 9.97. The molecule has 5 nitrogen and oxygen atoms in total. The zero-order chi connectivity index (χ0) is 30.2. The molecular weight excluding hydrogens is 562 g/mol. The molecule has 10 aromatic rings. The molecule has 4 heterocycles. The minimum Gasteiger partial charge on any atom is -0.315 e. The van der Waals surface area contributed by atoms with Crippen LogP contribution in [0.2, 0.25) is 0 Å². The maximum Gasteiger partial charge on any atom is 0.238 e. The summed E-state index contributed by atoms with van der Waals surface area (Å²) < 4.78 is 4.59. The SMILES string of the molecule is c1ccc(-c2cc3c4ccccc4n4ccc5ccc6c(c3c(c2)n6-c2nc(-c3ccccc3)nc(-c3ccccc3)n2)c54)cc1. The first-order valence-electron chi connectivity index (χ1n) is 15.5. The van der Waals surface area contributed by atoms with Gasteiger partial charge in [0, 0.05) is 38.9 Å². The lowest BCUT2D eigenvalue weighted by atomic mass is 9.98. The van der Waals surface area contributed by atoms with Crippen LogP contribution in [0.5, 0.6) is 0 Å². The summed E-state index contributed by atoms with van der Waals surface area (Å²) in [5.74, 6) is 1.87. The lowest BCUT2D eigenvalue weighted by Gasteiger charge is -2.12. The van der Waals surface area contributed by atoms with Crippen LogP contribution in [0.15, 0.2) is 152 Å². The fraction of sp³-hybridized carbons (Fsp3) is 0. The highest BCUT2D eigenvalue weighted by Crippen LogP contribution is 2.44. The highest BCUT2D eigenvalue weighted by atomic mass is 15.2. The van der Waals surface area contributed by atoms with Crippen LogP contribution in [0, 0.1) is 0 Å². The van der Waals surface area contributed by atoms with Crippen molar-refractivity contribution in [1.82, 2.24) is 23.9 Å². The second kappa shape index (κ2) is 9.58. The molecule has 0 aliphatic carbocycles. The van der Waals surface area contributed by atoms with Gasteiger partial charge in [0.25, 0.3) is 0 Å². The molecule has 0 aliphatic heterocycles. The van der Waals surface area contributed by atoms with Crippen LogP contribution in [-0.4, -0.2) is 23.9 Å². The van der Waals surface area contributed by atoms with E-state index in [-0.39, 0.29) is 0 Å². The Hall–Kier alpha value is -6.33. The number of para-hydroxylation sites is 1. The van der Waals surface area contributed by atoms with Crippen molar-refractivity contribution in [3.8, 4) is 39.9 Å². The number of hydrogen-bond acceptors (Lipinski definition) is 3. The van der Waals surface area contributed by atoms with Crippen LogP contribution in [0.1, 0.15) is 0 Å². The first-order chi connectivity index (χ1) is 22.8. The number of benzene rings is 6. The van der Waals surface area contributed by atoms with E-state index in [9.17, 15) is 0 Å². The summed E-state index contributed by atoms with van der Waals surface area (Å²) in [4.78, 5) is 15.4. The van der Waals surface area contributed by atoms with Gasteiger partial charge in [-0.2, -0.15) is 9.97 Å². The fourth-order valence-electron chi connectivity index (χ4n) is 7.08. The molecule has 10 rings (SSSR count).